The summed E-state index contributed by atoms with van der Waals surface area (Å²) in [5.41, 5.74) is 0.398. The van der Waals surface area contributed by atoms with Gasteiger partial charge in [0, 0.05) is 6.54 Å². The van der Waals surface area contributed by atoms with Gasteiger partial charge in [-0.1, -0.05) is 18.2 Å². The van der Waals surface area contributed by atoms with E-state index >= 15 is 0 Å². The van der Waals surface area contributed by atoms with E-state index in [0.717, 1.165) is 11.3 Å². The van der Waals surface area contributed by atoms with Crippen molar-refractivity contribution in [2.45, 2.75) is 9.46 Å². The number of carbonyl (C=O) groups excluding carboxylic acids is 1. The number of carbonyl (C=O) groups is 1. The van der Waals surface area contributed by atoms with Crippen molar-refractivity contribution in [3.63, 3.8) is 0 Å². The smallest absolute Gasteiger partial charge is 0.287 e. The molecule has 8 heteroatoms. The molecule has 1 atom stereocenters. The second-order valence-electron chi connectivity index (χ2n) is 5.20. The third-order valence-corrected chi connectivity index (χ3v) is 7.12. The summed E-state index contributed by atoms with van der Waals surface area (Å²) in [5.74, 6) is -0.888. The van der Waals surface area contributed by atoms with Gasteiger partial charge in [-0.05, 0) is 41.3 Å². The van der Waals surface area contributed by atoms with E-state index in [0.29, 0.717) is 5.56 Å². The van der Waals surface area contributed by atoms with Crippen LogP contribution in [0.15, 0.2) is 68.8 Å². The van der Waals surface area contributed by atoms with E-state index in [1.54, 1.807) is 17.5 Å². The first-order valence-electron chi connectivity index (χ1n) is 7.33. The maximum absolute atomic E-state index is 13.2. The summed E-state index contributed by atoms with van der Waals surface area (Å²) >= 11 is 1.09. The molecule has 2 aromatic heterocycles. The Morgan fingerprint density at radius 3 is 2.52 bits per heavy atom. The minimum absolute atomic E-state index is 0.0892. The van der Waals surface area contributed by atoms with Crippen LogP contribution in [0.2, 0.25) is 0 Å². The third-order valence-electron chi connectivity index (χ3n) is 3.58. The molecule has 1 N–H and O–H groups in total. The van der Waals surface area contributed by atoms with Gasteiger partial charge in [0.15, 0.2) is 15.6 Å². The number of hydrogen-bond acceptors (Lipinski definition) is 5. The van der Waals surface area contributed by atoms with Gasteiger partial charge in [0.25, 0.3) is 5.91 Å². The average molecular weight is 379 g/mol. The molecule has 0 aliphatic heterocycles. The van der Waals surface area contributed by atoms with Crippen molar-refractivity contribution < 1.29 is 22.0 Å². The first kappa shape index (κ1) is 17.4. The zero-order valence-electron chi connectivity index (χ0n) is 12.9. The zero-order chi connectivity index (χ0) is 17.9. The number of thiophene rings is 1. The van der Waals surface area contributed by atoms with Crippen LogP contribution in [-0.4, -0.2) is 20.9 Å². The van der Waals surface area contributed by atoms with Gasteiger partial charge < -0.3 is 9.73 Å². The van der Waals surface area contributed by atoms with Crippen molar-refractivity contribution in [2.24, 2.45) is 0 Å². The van der Waals surface area contributed by atoms with E-state index in [1.807, 2.05) is 0 Å². The van der Waals surface area contributed by atoms with E-state index in [2.05, 4.69) is 5.32 Å². The molecule has 0 saturated carbocycles. The molecule has 0 aliphatic carbocycles. The standard InChI is InChI=1S/C17H14FNO4S2/c18-13-7-5-12(6-8-13)15(25(21,22)16-4-2-10-24-16)11-19-17(20)14-3-1-9-23-14/h1-10,15H,11H2,(H,19,20). The molecule has 1 unspecified atom stereocenters. The third kappa shape index (κ3) is 3.80. The van der Waals surface area contributed by atoms with Crippen LogP contribution in [0.25, 0.3) is 0 Å². The Morgan fingerprint density at radius 2 is 1.92 bits per heavy atom. The molecular weight excluding hydrogens is 365 g/mol. The molecule has 3 rings (SSSR count). The van der Waals surface area contributed by atoms with E-state index in [4.69, 9.17) is 4.42 Å². The molecule has 1 aromatic carbocycles. The van der Waals surface area contributed by atoms with Crippen LogP contribution in [0, 0.1) is 5.82 Å². The minimum Gasteiger partial charge on any atom is -0.459 e. The predicted molar refractivity (Wildman–Crippen MR) is 91.7 cm³/mol. The van der Waals surface area contributed by atoms with Crippen LogP contribution in [0.4, 0.5) is 4.39 Å². The molecule has 3 aromatic rings. The number of halogens is 1. The molecule has 0 saturated heterocycles. The summed E-state index contributed by atoms with van der Waals surface area (Å²) in [5, 5.41) is 3.19. The normalized spacial score (nSPS) is 12.7. The van der Waals surface area contributed by atoms with Gasteiger partial charge in [0.05, 0.1) is 6.26 Å². The highest BCUT2D eigenvalue weighted by molar-refractivity contribution is 7.93. The SMILES string of the molecule is O=C(NCC(c1ccc(F)cc1)S(=O)(=O)c1cccs1)c1ccco1. The number of sulfone groups is 1. The molecule has 1 amide bonds. The maximum atomic E-state index is 13.2. The Labute approximate surface area is 148 Å². The Kier molecular flexibility index (Phi) is 5.00. The minimum atomic E-state index is -3.74. The number of amides is 1. The number of hydrogen-bond donors (Lipinski definition) is 1. The molecule has 0 aliphatic rings. The van der Waals surface area contributed by atoms with E-state index in [9.17, 15) is 17.6 Å². The van der Waals surface area contributed by atoms with E-state index in [-0.39, 0.29) is 16.5 Å². The molecular formula is C17H14FNO4S2. The number of rotatable bonds is 6. The van der Waals surface area contributed by atoms with Crippen LogP contribution >= 0.6 is 11.3 Å². The summed E-state index contributed by atoms with van der Waals surface area (Å²) in [4.78, 5) is 12.1. The van der Waals surface area contributed by atoms with Gasteiger partial charge in [0.1, 0.15) is 15.3 Å². The van der Waals surface area contributed by atoms with Crippen molar-refractivity contribution in [3.05, 3.63) is 77.3 Å². The van der Waals surface area contributed by atoms with Crippen molar-refractivity contribution in [1.29, 1.82) is 0 Å². The molecule has 0 bridgehead atoms. The van der Waals surface area contributed by atoms with Crippen molar-refractivity contribution in [3.8, 4) is 0 Å². The lowest BCUT2D eigenvalue weighted by Gasteiger charge is -2.18. The fraction of sp³-hybridized carbons (Fsp3) is 0.118. The summed E-state index contributed by atoms with van der Waals surface area (Å²) in [7, 11) is -3.74. The summed E-state index contributed by atoms with van der Waals surface area (Å²) in [6.45, 7) is -0.161. The Morgan fingerprint density at radius 1 is 1.16 bits per heavy atom. The van der Waals surface area contributed by atoms with Gasteiger partial charge in [-0.25, -0.2) is 12.8 Å². The quantitative estimate of drug-likeness (QED) is 0.712. The first-order chi connectivity index (χ1) is 12.0. The predicted octanol–water partition coefficient (Wildman–Crippen LogP) is 3.43. The Balaban J connectivity index is 1.89. The van der Waals surface area contributed by atoms with Crippen LogP contribution in [0.3, 0.4) is 0 Å². The molecule has 0 spiro atoms. The van der Waals surface area contributed by atoms with Crippen LogP contribution in [-0.2, 0) is 9.84 Å². The molecule has 5 nitrogen and oxygen atoms in total. The number of nitrogens with one attached hydrogen (secondary N) is 1. The highest BCUT2D eigenvalue weighted by Gasteiger charge is 2.30. The van der Waals surface area contributed by atoms with E-state index in [1.165, 1.54) is 42.7 Å². The Hall–Kier alpha value is -2.45. The molecule has 0 radical (unpaired) electrons. The molecule has 2 heterocycles. The Bertz CT molecular complexity index is 933. The van der Waals surface area contributed by atoms with Crippen LogP contribution in [0.5, 0.6) is 0 Å². The molecule has 0 fully saturated rings. The zero-order valence-corrected chi connectivity index (χ0v) is 14.5. The van der Waals surface area contributed by atoms with Crippen molar-refractivity contribution >= 4 is 27.1 Å². The second-order valence-corrected chi connectivity index (χ2v) is 8.51. The van der Waals surface area contributed by atoms with E-state index < -0.39 is 26.8 Å². The fourth-order valence-corrected chi connectivity index (χ4v) is 5.20. The lowest BCUT2D eigenvalue weighted by atomic mass is 10.1. The average Bonchev–Trinajstić information content (AvgIpc) is 3.30. The van der Waals surface area contributed by atoms with Crippen molar-refractivity contribution in [2.75, 3.05) is 6.54 Å². The van der Waals surface area contributed by atoms with Crippen LogP contribution < -0.4 is 5.32 Å². The van der Waals surface area contributed by atoms with Gasteiger partial charge in [-0.15, -0.1) is 11.3 Å². The number of benzene rings is 1. The lowest BCUT2D eigenvalue weighted by Crippen LogP contribution is -2.31. The number of furan rings is 1. The summed E-state index contributed by atoms with van der Waals surface area (Å²) < 4.78 is 44.2. The van der Waals surface area contributed by atoms with Gasteiger partial charge >= 0.3 is 0 Å². The van der Waals surface area contributed by atoms with Crippen LogP contribution in [0.1, 0.15) is 21.4 Å². The fourth-order valence-electron chi connectivity index (χ4n) is 2.33. The van der Waals surface area contributed by atoms with Gasteiger partial charge in [-0.3, -0.25) is 4.79 Å². The maximum Gasteiger partial charge on any atom is 0.287 e. The van der Waals surface area contributed by atoms with Gasteiger partial charge in [-0.2, -0.15) is 0 Å². The summed E-state index contributed by atoms with van der Waals surface area (Å²) in [6, 6.07) is 11.4. The topological polar surface area (TPSA) is 76.4 Å². The lowest BCUT2D eigenvalue weighted by molar-refractivity contribution is 0.0926. The van der Waals surface area contributed by atoms with Crippen molar-refractivity contribution in [1.82, 2.24) is 5.32 Å². The highest BCUT2D eigenvalue weighted by Crippen LogP contribution is 2.31. The first-order valence-corrected chi connectivity index (χ1v) is 9.75. The summed E-state index contributed by atoms with van der Waals surface area (Å²) in [6.07, 6.45) is 1.36. The molecule has 130 valence electrons. The van der Waals surface area contributed by atoms with Gasteiger partial charge in [0.2, 0.25) is 0 Å². The molecule has 25 heavy (non-hydrogen) atoms. The largest absolute Gasteiger partial charge is 0.459 e. The monoisotopic (exact) mass is 379 g/mol. The second kappa shape index (κ2) is 7.20. The highest BCUT2D eigenvalue weighted by atomic mass is 32.2.